The third-order valence-corrected chi connectivity index (χ3v) is 7.29. The second-order valence-electron chi connectivity index (χ2n) is 9.88. The quantitative estimate of drug-likeness (QED) is 0.346. The number of amides is 3. The molecule has 216 valence electrons. The van der Waals surface area contributed by atoms with Gasteiger partial charge in [0, 0.05) is 51.4 Å². The molecule has 0 radical (unpaired) electrons. The van der Waals surface area contributed by atoms with Crippen molar-refractivity contribution in [2.45, 2.75) is 20.4 Å². The maximum atomic E-state index is 14.1. The lowest BCUT2D eigenvalue weighted by Crippen LogP contribution is -2.54. The number of rotatable bonds is 7. The molecule has 0 aliphatic carbocycles. The summed E-state index contributed by atoms with van der Waals surface area (Å²) in [7, 11) is 1.46. The zero-order chi connectivity index (χ0) is 29.7. The number of halogens is 3. The fourth-order valence-corrected chi connectivity index (χ4v) is 4.76. The highest BCUT2D eigenvalue weighted by molar-refractivity contribution is 6.42. The SMILES string of the molecule is Cc1cc(C)cc(OCC(=O)N2CCN(C(=O)C(=O)N(C)Cc3cc(F)ccc3Oc3ccc(Cl)c(Cl)c3)CC2)c1. The van der Waals surface area contributed by atoms with E-state index < -0.39 is 17.6 Å². The van der Waals surface area contributed by atoms with E-state index in [2.05, 4.69) is 0 Å². The van der Waals surface area contributed by atoms with Crippen LogP contribution in [0.2, 0.25) is 10.0 Å². The van der Waals surface area contributed by atoms with E-state index in [0.717, 1.165) is 11.1 Å². The molecule has 0 saturated carbocycles. The van der Waals surface area contributed by atoms with Gasteiger partial charge in [-0.15, -0.1) is 0 Å². The zero-order valence-corrected chi connectivity index (χ0v) is 24.5. The van der Waals surface area contributed by atoms with Crippen LogP contribution in [0.3, 0.4) is 0 Å². The molecule has 4 rings (SSSR count). The molecule has 1 heterocycles. The highest BCUT2D eigenvalue weighted by Crippen LogP contribution is 2.32. The molecule has 3 aromatic rings. The Labute approximate surface area is 248 Å². The summed E-state index contributed by atoms with van der Waals surface area (Å²) in [6, 6.07) is 14.4. The van der Waals surface area contributed by atoms with Crippen LogP contribution in [-0.4, -0.2) is 72.3 Å². The standard InChI is InChI=1S/C30H30Cl2FN3O5/c1-19-12-20(2)14-24(13-19)40-18-28(37)35-8-10-36(11-9-35)30(39)29(38)34(3)17-21-15-22(33)4-7-27(21)41-23-5-6-25(31)26(32)16-23/h4-7,12-16H,8-11,17-18H2,1-3H3. The summed E-state index contributed by atoms with van der Waals surface area (Å²) in [4.78, 5) is 42.8. The Hall–Kier alpha value is -3.82. The summed E-state index contributed by atoms with van der Waals surface area (Å²) in [5.74, 6) is -0.864. The number of hydrogen-bond acceptors (Lipinski definition) is 5. The van der Waals surface area contributed by atoms with E-state index in [1.165, 1.54) is 41.1 Å². The molecular weight excluding hydrogens is 572 g/mol. The van der Waals surface area contributed by atoms with E-state index >= 15 is 0 Å². The van der Waals surface area contributed by atoms with Crippen molar-refractivity contribution in [1.29, 1.82) is 0 Å². The van der Waals surface area contributed by atoms with Gasteiger partial charge >= 0.3 is 11.8 Å². The lowest BCUT2D eigenvalue weighted by molar-refractivity contribution is -0.153. The van der Waals surface area contributed by atoms with Gasteiger partial charge in [0.1, 0.15) is 23.1 Å². The summed E-state index contributed by atoms with van der Waals surface area (Å²) < 4.78 is 25.6. The van der Waals surface area contributed by atoms with Crippen LogP contribution in [0.5, 0.6) is 17.2 Å². The molecule has 0 spiro atoms. The van der Waals surface area contributed by atoms with Crippen LogP contribution in [0, 0.1) is 19.7 Å². The minimum Gasteiger partial charge on any atom is -0.484 e. The molecule has 0 aromatic heterocycles. The largest absolute Gasteiger partial charge is 0.484 e. The van der Waals surface area contributed by atoms with Crippen molar-refractivity contribution in [2.75, 3.05) is 39.8 Å². The molecule has 11 heteroatoms. The topological polar surface area (TPSA) is 79.4 Å². The van der Waals surface area contributed by atoms with Crippen LogP contribution < -0.4 is 9.47 Å². The minimum absolute atomic E-state index is 0.0762. The van der Waals surface area contributed by atoms with Crippen molar-refractivity contribution in [3.8, 4) is 17.2 Å². The van der Waals surface area contributed by atoms with E-state index in [0.29, 0.717) is 32.9 Å². The fraction of sp³-hybridized carbons (Fsp3) is 0.300. The summed E-state index contributed by atoms with van der Waals surface area (Å²) in [6.07, 6.45) is 0. The van der Waals surface area contributed by atoms with Crippen molar-refractivity contribution < 1.29 is 28.2 Å². The number of aryl methyl sites for hydroxylation is 2. The second kappa shape index (κ2) is 13.2. The van der Waals surface area contributed by atoms with Gasteiger partial charge in [-0.25, -0.2) is 4.39 Å². The predicted molar refractivity (Wildman–Crippen MR) is 154 cm³/mol. The number of hydrogen-bond donors (Lipinski definition) is 0. The highest BCUT2D eigenvalue weighted by Gasteiger charge is 2.30. The molecule has 1 saturated heterocycles. The molecule has 8 nitrogen and oxygen atoms in total. The molecule has 1 aliphatic rings. The van der Waals surface area contributed by atoms with Gasteiger partial charge in [0.25, 0.3) is 5.91 Å². The van der Waals surface area contributed by atoms with Crippen LogP contribution in [0.25, 0.3) is 0 Å². The first-order valence-corrected chi connectivity index (χ1v) is 13.7. The fourth-order valence-electron chi connectivity index (χ4n) is 4.48. The van der Waals surface area contributed by atoms with E-state index in [1.807, 2.05) is 32.0 Å². The highest BCUT2D eigenvalue weighted by atomic mass is 35.5. The Kier molecular flexibility index (Phi) is 9.73. The molecular formula is C30H30Cl2FN3O5. The maximum absolute atomic E-state index is 14.1. The molecule has 1 fully saturated rings. The van der Waals surface area contributed by atoms with Crippen LogP contribution in [-0.2, 0) is 20.9 Å². The molecule has 0 atom stereocenters. The van der Waals surface area contributed by atoms with Crippen molar-refractivity contribution in [3.63, 3.8) is 0 Å². The predicted octanol–water partition coefficient (Wildman–Crippen LogP) is 5.25. The summed E-state index contributed by atoms with van der Waals surface area (Å²) in [5.41, 5.74) is 2.45. The third-order valence-electron chi connectivity index (χ3n) is 6.56. The first-order valence-electron chi connectivity index (χ1n) is 12.9. The Bertz CT molecular complexity index is 1440. The Morgan fingerprint density at radius 2 is 1.51 bits per heavy atom. The van der Waals surface area contributed by atoms with E-state index in [1.54, 1.807) is 17.0 Å². The normalized spacial score (nSPS) is 13.1. The van der Waals surface area contributed by atoms with E-state index in [4.69, 9.17) is 32.7 Å². The van der Waals surface area contributed by atoms with Crippen LogP contribution >= 0.6 is 23.2 Å². The Balaban J connectivity index is 1.31. The van der Waals surface area contributed by atoms with Crippen molar-refractivity contribution in [2.24, 2.45) is 0 Å². The first-order chi connectivity index (χ1) is 19.5. The summed E-state index contributed by atoms with van der Waals surface area (Å²) in [5, 5.41) is 0.652. The van der Waals surface area contributed by atoms with Crippen LogP contribution in [0.1, 0.15) is 16.7 Å². The van der Waals surface area contributed by atoms with Crippen molar-refractivity contribution in [3.05, 3.63) is 87.2 Å². The molecule has 41 heavy (non-hydrogen) atoms. The molecule has 1 aliphatic heterocycles. The van der Waals surface area contributed by atoms with Gasteiger partial charge in [0.15, 0.2) is 6.61 Å². The lowest BCUT2D eigenvalue weighted by Gasteiger charge is -2.35. The maximum Gasteiger partial charge on any atom is 0.312 e. The number of carbonyl (C=O) groups excluding carboxylic acids is 3. The van der Waals surface area contributed by atoms with Gasteiger partial charge in [-0.1, -0.05) is 29.3 Å². The molecule has 3 amide bonds. The van der Waals surface area contributed by atoms with E-state index in [9.17, 15) is 18.8 Å². The molecule has 0 bridgehead atoms. The smallest absolute Gasteiger partial charge is 0.312 e. The summed E-state index contributed by atoms with van der Waals surface area (Å²) >= 11 is 12.0. The Morgan fingerprint density at radius 1 is 0.854 bits per heavy atom. The van der Waals surface area contributed by atoms with Crippen LogP contribution in [0.4, 0.5) is 4.39 Å². The van der Waals surface area contributed by atoms with Crippen molar-refractivity contribution in [1.82, 2.24) is 14.7 Å². The number of piperazine rings is 1. The Morgan fingerprint density at radius 3 is 2.17 bits per heavy atom. The minimum atomic E-state index is -0.757. The van der Waals surface area contributed by atoms with Gasteiger partial charge < -0.3 is 24.2 Å². The summed E-state index contributed by atoms with van der Waals surface area (Å²) in [6.45, 7) is 4.70. The van der Waals surface area contributed by atoms with Gasteiger partial charge in [-0.05, 0) is 67.4 Å². The average Bonchev–Trinajstić information content (AvgIpc) is 2.94. The molecule has 0 unspecified atom stereocenters. The lowest BCUT2D eigenvalue weighted by atomic mass is 10.1. The first kappa shape index (κ1) is 30.1. The molecule has 0 N–H and O–H groups in total. The van der Waals surface area contributed by atoms with Crippen LogP contribution in [0.15, 0.2) is 54.6 Å². The number of likely N-dealkylation sites (N-methyl/N-ethyl adjacent to an activating group) is 1. The number of carbonyl (C=O) groups is 3. The monoisotopic (exact) mass is 601 g/mol. The third kappa shape index (κ3) is 7.89. The molecule has 3 aromatic carbocycles. The zero-order valence-electron chi connectivity index (χ0n) is 23.0. The van der Waals surface area contributed by atoms with Crippen molar-refractivity contribution >= 4 is 40.9 Å². The van der Waals surface area contributed by atoms with Gasteiger partial charge in [-0.3, -0.25) is 14.4 Å². The van der Waals surface area contributed by atoms with Gasteiger partial charge in [0.2, 0.25) is 0 Å². The van der Waals surface area contributed by atoms with Gasteiger partial charge in [-0.2, -0.15) is 0 Å². The number of benzene rings is 3. The van der Waals surface area contributed by atoms with Gasteiger partial charge in [0.05, 0.1) is 10.0 Å². The second-order valence-corrected chi connectivity index (χ2v) is 10.7. The number of nitrogens with zero attached hydrogens (tertiary/aromatic N) is 3. The average molecular weight is 602 g/mol. The van der Waals surface area contributed by atoms with E-state index in [-0.39, 0.29) is 45.2 Å². The number of ether oxygens (including phenoxy) is 2.